The summed E-state index contributed by atoms with van der Waals surface area (Å²) in [5, 5.41) is 2.89. The Bertz CT molecular complexity index is 903. The van der Waals surface area contributed by atoms with Crippen LogP contribution < -0.4 is 11.1 Å². The lowest BCUT2D eigenvalue weighted by molar-refractivity contribution is 0.212. The Morgan fingerprint density at radius 1 is 0.960 bits per heavy atom. The summed E-state index contributed by atoms with van der Waals surface area (Å²) in [5.74, 6) is 0. The van der Waals surface area contributed by atoms with Crippen LogP contribution in [0, 0.1) is 0 Å². The van der Waals surface area contributed by atoms with Crippen LogP contribution in [0.1, 0.15) is 11.4 Å². The van der Waals surface area contributed by atoms with Crippen molar-refractivity contribution >= 4 is 17.4 Å². The number of urea groups is 1. The van der Waals surface area contributed by atoms with Crippen LogP contribution >= 0.6 is 0 Å². The van der Waals surface area contributed by atoms with Gasteiger partial charge in [-0.3, -0.25) is 15.0 Å². The van der Waals surface area contributed by atoms with Gasteiger partial charge >= 0.3 is 6.03 Å². The summed E-state index contributed by atoms with van der Waals surface area (Å²) in [6.07, 6.45) is 6.73. The molecular formula is C18H16N6O. The van der Waals surface area contributed by atoms with Crippen LogP contribution in [-0.4, -0.2) is 25.9 Å². The van der Waals surface area contributed by atoms with E-state index in [-0.39, 0.29) is 6.03 Å². The zero-order valence-corrected chi connectivity index (χ0v) is 13.4. The van der Waals surface area contributed by atoms with E-state index >= 15 is 0 Å². The average molecular weight is 332 g/mol. The molecular weight excluding hydrogens is 316 g/mol. The van der Waals surface area contributed by atoms with Crippen molar-refractivity contribution in [3.05, 3.63) is 66.5 Å². The standard InChI is InChI=1S/C18H16N6O/c19-14-2-1-13(12-3-5-20-6-4-12)9-15(14)23-18(25)24-10-16-17(11-24)22-8-7-21-16/h1-9H,10-11,19H2,(H,23,25). The maximum absolute atomic E-state index is 12.6. The van der Waals surface area contributed by atoms with Crippen LogP contribution in [0.15, 0.2) is 55.1 Å². The molecule has 124 valence electrons. The number of nitrogens with one attached hydrogen (secondary N) is 1. The van der Waals surface area contributed by atoms with Gasteiger partial charge in [-0.05, 0) is 35.4 Å². The number of carbonyl (C=O) groups is 1. The first-order valence-corrected chi connectivity index (χ1v) is 7.85. The molecule has 7 nitrogen and oxygen atoms in total. The van der Waals surface area contributed by atoms with Crippen molar-refractivity contribution in [3.63, 3.8) is 0 Å². The second-order valence-corrected chi connectivity index (χ2v) is 5.77. The monoisotopic (exact) mass is 332 g/mol. The predicted octanol–water partition coefficient (Wildman–Crippen LogP) is 2.67. The normalized spacial score (nSPS) is 12.7. The molecule has 7 heteroatoms. The van der Waals surface area contributed by atoms with Gasteiger partial charge in [0.1, 0.15) is 0 Å². The smallest absolute Gasteiger partial charge is 0.322 e. The summed E-state index contributed by atoms with van der Waals surface area (Å²) in [4.78, 5) is 26.8. The third kappa shape index (κ3) is 2.99. The minimum Gasteiger partial charge on any atom is -0.397 e. The van der Waals surface area contributed by atoms with Gasteiger partial charge in [-0.15, -0.1) is 0 Å². The first-order valence-electron chi connectivity index (χ1n) is 7.85. The van der Waals surface area contributed by atoms with Crippen molar-refractivity contribution in [1.82, 2.24) is 19.9 Å². The fourth-order valence-electron chi connectivity index (χ4n) is 2.80. The Balaban J connectivity index is 1.54. The topological polar surface area (TPSA) is 97.0 Å². The van der Waals surface area contributed by atoms with Gasteiger partial charge in [0.15, 0.2) is 0 Å². The molecule has 0 saturated heterocycles. The maximum Gasteiger partial charge on any atom is 0.322 e. The molecule has 0 aliphatic carbocycles. The lowest BCUT2D eigenvalue weighted by Crippen LogP contribution is -2.30. The van der Waals surface area contributed by atoms with Crippen molar-refractivity contribution in [2.24, 2.45) is 0 Å². The number of carbonyl (C=O) groups excluding carboxylic acids is 1. The molecule has 3 N–H and O–H groups in total. The molecule has 25 heavy (non-hydrogen) atoms. The van der Waals surface area contributed by atoms with Crippen molar-refractivity contribution < 1.29 is 4.79 Å². The molecule has 0 fully saturated rings. The van der Waals surface area contributed by atoms with E-state index in [0.717, 1.165) is 22.5 Å². The number of fused-ring (bicyclic) bond motifs is 1. The van der Waals surface area contributed by atoms with E-state index in [1.54, 1.807) is 35.8 Å². The number of hydrogen-bond donors (Lipinski definition) is 2. The van der Waals surface area contributed by atoms with Gasteiger partial charge in [-0.25, -0.2) is 4.79 Å². The molecule has 1 aliphatic heterocycles. The first kappa shape index (κ1) is 15.1. The zero-order valence-electron chi connectivity index (χ0n) is 13.4. The molecule has 3 aromatic rings. The van der Waals surface area contributed by atoms with E-state index in [9.17, 15) is 4.79 Å². The second-order valence-electron chi connectivity index (χ2n) is 5.77. The van der Waals surface area contributed by atoms with Gasteiger partial charge in [0.2, 0.25) is 0 Å². The van der Waals surface area contributed by atoms with E-state index in [4.69, 9.17) is 5.73 Å². The zero-order chi connectivity index (χ0) is 17.2. The third-order valence-electron chi connectivity index (χ3n) is 4.14. The highest BCUT2D eigenvalue weighted by Gasteiger charge is 2.25. The van der Waals surface area contributed by atoms with Gasteiger partial charge in [-0.1, -0.05) is 6.07 Å². The molecule has 0 bridgehead atoms. The number of nitrogen functional groups attached to an aromatic ring is 1. The van der Waals surface area contributed by atoms with E-state index in [2.05, 4.69) is 20.3 Å². The summed E-state index contributed by atoms with van der Waals surface area (Å²) < 4.78 is 0. The Morgan fingerprint density at radius 3 is 2.32 bits per heavy atom. The maximum atomic E-state index is 12.6. The summed E-state index contributed by atoms with van der Waals surface area (Å²) in [6.45, 7) is 0.887. The van der Waals surface area contributed by atoms with Crippen LogP contribution in [-0.2, 0) is 13.1 Å². The fraction of sp³-hybridized carbons (Fsp3) is 0.111. The lowest BCUT2D eigenvalue weighted by atomic mass is 10.1. The van der Waals surface area contributed by atoms with Crippen molar-refractivity contribution in [3.8, 4) is 11.1 Å². The molecule has 2 amide bonds. The van der Waals surface area contributed by atoms with E-state index in [1.807, 2.05) is 24.3 Å². The van der Waals surface area contributed by atoms with E-state index in [1.165, 1.54) is 0 Å². The third-order valence-corrected chi connectivity index (χ3v) is 4.14. The summed E-state index contributed by atoms with van der Waals surface area (Å²) in [5.41, 5.74) is 10.7. The fourth-order valence-corrected chi connectivity index (χ4v) is 2.80. The number of pyridine rings is 1. The summed E-state index contributed by atoms with van der Waals surface area (Å²) >= 11 is 0. The Morgan fingerprint density at radius 2 is 1.64 bits per heavy atom. The summed E-state index contributed by atoms with van der Waals surface area (Å²) in [7, 11) is 0. The molecule has 0 saturated carbocycles. The number of benzene rings is 1. The molecule has 2 aromatic heterocycles. The second kappa shape index (κ2) is 6.20. The van der Waals surface area contributed by atoms with Crippen LogP contribution in [0.4, 0.5) is 16.2 Å². The number of hydrogen-bond acceptors (Lipinski definition) is 5. The van der Waals surface area contributed by atoms with Crippen LogP contribution in [0.5, 0.6) is 0 Å². The van der Waals surface area contributed by atoms with Gasteiger partial charge in [-0.2, -0.15) is 0 Å². The predicted molar refractivity (Wildman–Crippen MR) is 94.4 cm³/mol. The number of aromatic nitrogens is 3. The van der Waals surface area contributed by atoms with Gasteiger partial charge in [0.25, 0.3) is 0 Å². The molecule has 1 aromatic carbocycles. The van der Waals surface area contributed by atoms with Crippen LogP contribution in [0.25, 0.3) is 11.1 Å². The van der Waals surface area contributed by atoms with Crippen molar-refractivity contribution in [2.75, 3.05) is 11.1 Å². The number of anilines is 2. The number of amides is 2. The Hall–Kier alpha value is -3.48. The highest BCUT2D eigenvalue weighted by Crippen LogP contribution is 2.28. The van der Waals surface area contributed by atoms with Crippen molar-refractivity contribution in [2.45, 2.75) is 13.1 Å². The number of nitrogens with zero attached hydrogens (tertiary/aromatic N) is 4. The van der Waals surface area contributed by atoms with Gasteiger partial charge in [0.05, 0.1) is 35.9 Å². The average Bonchev–Trinajstić information content (AvgIpc) is 3.08. The molecule has 0 unspecified atom stereocenters. The largest absolute Gasteiger partial charge is 0.397 e. The highest BCUT2D eigenvalue weighted by molar-refractivity contribution is 5.94. The Labute approximate surface area is 144 Å². The number of nitrogens with two attached hydrogens (primary N) is 1. The molecule has 3 heterocycles. The molecule has 0 radical (unpaired) electrons. The lowest BCUT2D eigenvalue weighted by Gasteiger charge is -2.17. The Kier molecular flexibility index (Phi) is 3.74. The minimum absolute atomic E-state index is 0.224. The van der Waals surface area contributed by atoms with Gasteiger partial charge < -0.3 is 16.0 Å². The molecule has 1 aliphatic rings. The first-order chi connectivity index (χ1) is 12.2. The summed E-state index contributed by atoms with van der Waals surface area (Å²) in [6, 6.07) is 9.16. The van der Waals surface area contributed by atoms with Crippen LogP contribution in [0.2, 0.25) is 0 Å². The minimum atomic E-state index is -0.224. The molecule has 4 rings (SSSR count). The number of rotatable bonds is 2. The van der Waals surface area contributed by atoms with Crippen molar-refractivity contribution in [1.29, 1.82) is 0 Å². The van der Waals surface area contributed by atoms with E-state index < -0.39 is 0 Å². The van der Waals surface area contributed by atoms with E-state index in [0.29, 0.717) is 24.5 Å². The van der Waals surface area contributed by atoms with Gasteiger partial charge in [0, 0.05) is 24.8 Å². The van der Waals surface area contributed by atoms with Crippen LogP contribution in [0.3, 0.4) is 0 Å². The highest BCUT2D eigenvalue weighted by atomic mass is 16.2. The molecule has 0 atom stereocenters. The molecule has 0 spiro atoms. The SMILES string of the molecule is Nc1ccc(-c2ccncc2)cc1NC(=O)N1Cc2nccnc2C1. The quantitative estimate of drug-likeness (QED) is 0.703.